The van der Waals surface area contributed by atoms with E-state index in [9.17, 15) is 4.79 Å². The zero-order valence-electron chi connectivity index (χ0n) is 15.8. The van der Waals surface area contributed by atoms with Crippen LogP contribution in [0.5, 0.6) is 5.75 Å². The number of nitrogens with zero attached hydrogens (tertiary/aromatic N) is 3. The second-order valence-electron chi connectivity index (χ2n) is 5.88. The van der Waals surface area contributed by atoms with Crippen molar-refractivity contribution in [3.8, 4) is 11.8 Å². The van der Waals surface area contributed by atoms with Gasteiger partial charge in [0.25, 0.3) is 5.91 Å². The number of aromatic nitrogens is 1. The van der Waals surface area contributed by atoms with Crippen molar-refractivity contribution in [3.05, 3.63) is 58.4 Å². The minimum absolute atomic E-state index is 0.348. The van der Waals surface area contributed by atoms with Gasteiger partial charge in [0.2, 0.25) is 0 Å². The van der Waals surface area contributed by atoms with Crippen LogP contribution in [0, 0.1) is 11.3 Å². The standard InChI is InChI=1S/C21H21N3O3S/c1-3-26-13-12-24-19-17(27-4-2)6-5-7-18(19)28-21(24)23-20(25)16-10-8-15(14-22)9-11-16/h5-11H,3-4,12-13H2,1-2H3. The molecule has 3 aromatic rings. The van der Waals surface area contributed by atoms with Crippen molar-refractivity contribution < 1.29 is 14.3 Å². The van der Waals surface area contributed by atoms with Crippen LogP contribution in [0.1, 0.15) is 29.8 Å². The van der Waals surface area contributed by atoms with Crippen LogP contribution < -0.4 is 9.54 Å². The summed E-state index contributed by atoms with van der Waals surface area (Å²) in [7, 11) is 0. The third kappa shape index (κ3) is 4.30. The fourth-order valence-electron chi connectivity index (χ4n) is 2.80. The third-order valence-electron chi connectivity index (χ3n) is 4.09. The lowest BCUT2D eigenvalue weighted by molar-refractivity contribution is 0.0996. The summed E-state index contributed by atoms with van der Waals surface area (Å²) >= 11 is 1.44. The average molecular weight is 395 g/mol. The lowest BCUT2D eigenvalue weighted by atomic mass is 10.1. The molecule has 0 unspecified atom stereocenters. The summed E-state index contributed by atoms with van der Waals surface area (Å²) < 4.78 is 14.3. The van der Waals surface area contributed by atoms with Gasteiger partial charge in [0.1, 0.15) is 11.3 Å². The van der Waals surface area contributed by atoms with Gasteiger partial charge >= 0.3 is 0 Å². The van der Waals surface area contributed by atoms with E-state index in [1.807, 2.05) is 42.7 Å². The smallest absolute Gasteiger partial charge is 0.279 e. The van der Waals surface area contributed by atoms with E-state index in [0.717, 1.165) is 16.0 Å². The van der Waals surface area contributed by atoms with E-state index in [2.05, 4.69) is 4.99 Å². The molecule has 1 heterocycles. The Hall–Kier alpha value is -2.95. The van der Waals surface area contributed by atoms with E-state index in [4.69, 9.17) is 14.7 Å². The number of fused-ring (bicyclic) bond motifs is 1. The molecule has 6 nitrogen and oxygen atoms in total. The van der Waals surface area contributed by atoms with Gasteiger partial charge in [-0.25, -0.2) is 0 Å². The van der Waals surface area contributed by atoms with Crippen molar-refractivity contribution in [1.29, 1.82) is 5.26 Å². The lowest BCUT2D eigenvalue weighted by Gasteiger charge is -2.09. The number of ether oxygens (including phenoxy) is 2. The predicted molar refractivity (Wildman–Crippen MR) is 109 cm³/mol. The van der Waals surface area contributed by atoms with E-state index in [1.54, 1.807) is 24.3 Å². The number of hydrogen-bond donors (Lipinski definition) is 0. The normalized spacial score (nSPS) is 11.5. The Morgan fingerprint density at radius 3 is 2.64 bits per heavy atom. The molecule has 0 saturated carbocycles. The SMILES string of the molecule is CCOCCn1c(=NC(=O)c2ccc(C#N)cc2)sc2cccc(OCC)c21. The number of rotatable bonds is 7. The first-order valence-corrected chi connectivity index (χ1v) is 9.91. The van der Waals surface area contributed by atoms with Crippen LogP contribution in [-0.4, -0.2) is 30.3 Å². The molecule has 2 aromatic carbocycles. The maximum Gasteiger partial charge on any atom is 0.279 e. The van der Waals surface area contributed by atoms with Crippen molar-refractivity contribution >= 4 is 27.5 Å². The van der Waals surface area contributed by atoms with Crippen LogP contribution >= 0.6 is 11.3 Å². The van der Waals surface area contributed by atoms with Crippen molar-refractivity contribution in [1.82, 2.24) is 4.57 Å². The number of para-hydroxylation sites is 1. The Morgan fingerprint density at radius 2 is 1.96 bits per heavy atom. The van der Waals surface area contributed by atoms with Crippen LogP contribution in [-0.2, 0) is 11.3 Å². The van der Waals surface area contributed by atoms with Gasteiger partial charge in [0.15, 0.2) is 4.80 Å². The number of thiazole rings is 1. The van der Waals surface area contributed by atoms with Gasteiger partial charge in [0.05, 0.1) is 29.5 Å². The summed E-state index contributed by atoms with van der Waals surface area (Å²) in [5.74, 6) is 0.416. The van der Waals surface area contributed by atoms with Gasteiger partial charge in [0, 0.05) is 18.7 Å². The van der Waals surface area contributed by atoms with Crippen molar-refractivity contribution in [2.75, 3.05) is 19.8 Å². The molecule has 1 amide bonds. The molecular formula is C21H21N3O3S. The Kier molecular flexibility index (Phi) is 6.58. The zero-order chi connectivity index (χ0) is 19.9. The fourth-order valence-corrected chi connectivity index (χ4v) is 3.87. The highest BCUT2D eigenvalue weighted by atomic mass is 32.1. The lowest BCUT2D eigenvalue weighted by Crippen LogP contribution is -2.20. The first kappa shape index (κ1) is 19.8. The Bertz CT molecular complexity index is 1070. The Morgan fingerprint density at radius 1 is 1.18 bits per heavy atom. The van der Waals surface area contributed by atoms with Crippen LogP contribution in [0.3, 0.4) is 0 Å². The van der Waals surface area contributed by atoms with Crippen molar-refractivity contribution in [2.24, 2.45) is 4.99 Å². The highest BCUT2D eigenvalue weighted by Gasteiger charge is 2.13. The number of hydrogen-bond acceptors (Lipinski definition) is 5. The monoisotopic (exact) mass is 395 g/mol. The van der Waals surface area contributed by atoms with Gasteiger partial charge in [-0.05, 0) is 50.2 Å². The summed E-state index contributed by atoms with van der Waals surface area (Å²) in [5.41, 5.74) is 1.87. The predicted octanol–water partition coefficient (Wildman–Crippen LogP) is 3.75. The average Bonchev–Trinajstić information content (AvgIpc) is 3.06. The van der Waals surface area contributed by atoms with E-state index in [0.29, 0.717) is 42.3 Å². The molecule has 0 aliphatic rings. The first-order chi connectivity index (χ1) is 13.7. The summed E-state index contributed by atoms with van der Waals surface area (Å²) in [6, 6.07) is 14.4. The van der Waals surface area contributed by atoms with Gasteiger partial charge in [-0.1, -0.05) is 17.4 Å². The quantitative estimate of drug-likeness (QED) is 0.571. The number of carbonyl (C=O) groups is 1. The van der Waals surface area contributed by atoms with Crippen LogP contribution in [0.25, 0.3) is 10.2 Å². The fraction of sp³-hybridized carbons (Fsp3) is 0.286. The number of benzene rings is 2. The third-order valence-corrected chi connectivity index (χ3v) is 5.13. The molecule has 0 aliphatic heterocycles. The summed E-state index contributed by atoms with van der Waals surface area (Å²) in [6.45, 7) is 6.14. The summed E-state index contributed by atoms with van der Waals surface area (Å²) in [4.78, 5) is 17.6. The molecule has 0 spiro atoms. The van der Waals surface area contributed by atoms with E-state index < -0.39 is 0 Å². The molecule has 28 heavy (non-hydrogen) atoms. The Balaban J connectivity index is 2.08. The van der Waals surface area contributed by atoms with E-state index >= 15 is 0 Å². The molecular weight excluding hydrogens is 374 g/mol. The molecule has 0 bridgehead atoms. The van der Waals surface area contributed by atoms with Gasteiger partial charge < -0.3 is 14.0 Å². The number of carbonyl (C=O) groups excluding carboxylic acids is 1. The van der Waals surface area contributed by atoms with Gasteiger partial charge in [-0.2, -0.15) is 10.3 Å². The highest BCUT2D eigenvalue weighted by molar-refractivity contribution is 7.16. The van der Waals surface area contributed by atoms with Gasteiger partial charge in [-0.3, -0.25) is 4.79 Å². The molecule has 0 fully saturated rings. The molecule has 0 aliphatic carbocycles. The second kappa shape index (κ2) is 9.31. The number of nitriles is 1. The molecule has 1 aromatic heterocycles. The van der Waals surface area contributed by atoms with Crippen molar-refractivity contribution in [3.63, 3.8) is 0 Å². The minimum atomic E-state index is -0.348. The maximum atomic E-state index is 12.7. The molecule has 0 N–H and O–H groups in total. The summed E-state index contributed by atoms with van der Waals surface area (Å²) in [6.07, 6.45) is 0. The molecule has 0 atom stereocenters. The largest absolute Gasteiger partial charge is 0.492 e. The van der Waals surface area contributed by atoms with Crippen molar-refractivity contribution in [2.45, 2.75) is 20.4 Å². The molecule has 0 saturated heterocycles. The first-order valence-electron chi connectivity index (χ1n) is 9.10. The van der Waals surface area contributed by atoms with E-state index in [1.165, 1.54) is 11.3 Å². The second-order valence-corrected chi connectivity index (χ2v) is 6.88. The topological polar surface area (TPSA) is 76.6 Å². The number of amides is 1. The molecule has 3 rings (SSSR count). The minimum Gasteiger partial charge on any atom is -0.492 e. The van der Waals surface area contributed by atoms with Crippen LogP contribution in [0.15, 0.2) is 47.5 Å². The molecule has 7 heteroatoms. The highest BCUT2D eigenvalue weighted by Crippen LogP contribution is 2.27. The molecule has 144 valence electrons. The van der Waals surface area contributed by atoms with Gasteiger partial charge in [-0.15, -0.1) is 0 Å². The summed E-state index contributed by atoms with van der Waals surface area (Å²) in [5, 5.41) is 8.91. The zero-order valence-corrected chi connectivity index (χ0v) is 16.7. The Labute approximate surface area is 167 Å². The maximum absolute atomic E-state index is 12.7. The van der Waals surface area contributed by atoms with E-state index in [-0.39, 0.29) is 5.91 Å². The van der Waals surface area contributed by atoms with Crippen LogP contribution in [0.2, 0.25) is 0 Å². The van der Waals surface area contributed by atoms with Crippen LogP contribution in [0.4, 0.5) is 0 Å². The molecule has 0 radical (unpaired) electrons.